The first-order valence-corrected chi connectivity index (χ1v) is 8.54. The maximum atomic E-state index is 10.9. The first-order valence-electron chi connectivity index (χ1n) is 8.54. The fraction of sp³-hybridized carbons (Fsp3) is 0.316. The van der Waals surface area contributed by atoms with Gasteiger partial charge >= 0.3 is 0 Å². The summed E-state index contributed by atoms with van der Waals surface area (Å²) >= 11 is 0. The number of benzene rings is 2. The SMILES string of the molecule is CN1CCC(c2nn(-c3ccc([N+](=O)[O-])cc3)c3ccccc23)CC1. The number of hydrogen-bond donors (Lipinski definition) is 0. The molecule has 0 N–H and O–H groups in total. The van der Waals surface area contributed by atoms with Crippen LogP contribution in [0.1, 0.15) is 24.5 Å². The average Bonchev–Trinajstić information content (AvgIpc) is 3.02. The molecule has 4 rings (SSSR count). The second-order valence-corrected chi connectivity index (χ2v) is 6.67. The van der Waals surface area contributed by atoms with Crippen molar-refractivity contribution in [3.05, 3.63) is 64.3 Å². The first kappa shape index (κ1) is 15.8. The van der Waals surface area contributed by atoms with Crippen molar-refractivity contribution < 1.29 is 4.92 Å². The van der Waals surface area contributed by atoms with Crippen LogP contribution in [0.2, 0.25) is 0 Å². The quantitative estimate of drug-likeness (QED) is 0.540. The van der Waals surface area contributed by atoms with E-state index in [1.165, 1.54) is 17.5 Å². The van der Waals surface area contributed by atoms with Crippen LogP contribution in [0.3, 0.4) is 0 Å². The number of likely N-dealkylation sites (tertiary alicyclic amines) is 1. The summed E-state index contributed by atoms with van der Waals surface area (Å²) in [6.45, 7) is 2.17. The van der Waals surface area contributed by atoms with Crippen molar-refractivity contribution in [1.82, 2.24) is 14.7 Å². The summed E-state index contributed by atoms with van der Waals surface area (Å²) in [4.78, 5) is 12.9. The lowest BCUT2D eigenvalue weighted by Crippen LogP contribution is -2.29. The topological polar surface area (TPSA) is 64.2 Å². The van der Waals surface area contributed by atoms with E-state index < -0.39 is 0 Å². The van der Waals surface area contributed by atoms with E-state index >= 15 is 0 Å². The van der Waals surface area contributed by atoms with Crippen molar-refractivity contribution in [2.24, 2.45) is 0 Å². The van der Waals surface area contributed by atoms with Crippen LogP contribution in [0.4, 0.5) is 5.69 Å². The second kappa shape index (κ2) is 6.29. The molecular weight excluding hydrogens is 316 g/mol. The van der Waals surface area contributed by atoms with Crippen LogP contribution in [0.5, 0.6) is 0 Å². The molecule has 0 bridgehead atoms. The number of fused-ring (bicyclic) bond motifs is 1. The smallest absolute Gasteiger partial charge is 0.269 e. The Labute approximate surface area is 145 Å². The van der Waals surface area contributed by atoms with Crippen molar-refractivity contribution in [3.8, 4) is 5.69 Å². The van der Waals surface area contributed by atoms with Gasteiger partial charge in [0.2, 0.25) is 0 Å². The number of non-ortho nitro benzene ring substituents is 1. The fourth-order valence-corrected chi connectivity index (χ4v) is 3.59. The van der Waals surface area contributed by atoms with Crippen molar-refractivity contribution in [3.63, 3.8) is 0 Å². The largest absolute Gasteiger partial charge is 0.306 e. The maximum Gasteiger partial charge on any atom is 0.269 e. The number of para-hydroxylation sites is 1. The molecule has 1 saturated heterocycles. The van der Waals surface area contributed by atoms with E-state index in [0.717, 1.165) is 42.8 Å². The lowest BCUT2D eigenvalue weighted by atomic mass is 9.92. The first-order chi connectivity index (χ1) is 12.1. The Balaban J connectivity index is 1.78. The average molecular weight is 336 g/mol. The zero-order valence-electron chi connectivity index (χ0n) is 14.1. The van der Waals surface area contributed by atoms with Gasteiger partial charge in [-0.25, -0.2) is 4.68 Å². The lowest BCUT2D eigenvalue weighted by Gasteiger charge is -2.28. The molecule has 0 radical (unpaired) electrons. The summed E-state index contributed by atoms with van der Waals surface area (Å²) < 4.78 is 1.91. The third-order valence-electron chi connectivity index (χ3n) is 5.03. The van der Waals surface area contributed by atoms with Gasteiger partial charge in [0, 0.05) is 23.4 Å². The van der Waals surface area contributed by atoms with E-state index in [0.29, 0.717) is 5.92 Å². The van der Waals surface area contributed by atoms with Gasteiger partial charge in [-0.3, -0.25) is 10.1 Å². The number of aromatic nitrogens is 2. The van der Waals surface area contributed by atoms with E-state index in [9.17, 15) is 10.1 Å². The van der Waals surface area contributed by atoms with Crippen LogP contribution in [-0.2, 0) is 0 Å². The summed E-state index contributed by atoms with van der Waals surface area (Å²) in [5.41, 5.74) is 3.13. The van der Waals surface area contributed by atoms with Crippen LogP contribution in [0, 0.1) is 10.1 Å². The summed E-state index contributed by atoms with van der Waals surface area (Å²) in [6, 6.07) is 14.8. The molecule has 0 amide bonds. The Morgan fingerprint density at radius 1 is 1.08 bits per heavy atom. The molecule has 25 heavy (non-hydrogen) atoms. The molecule has 0 spiro atoms. The van der Waals surface area contributed by atoms with Crippen molar-refractivity contribution in [1.29, 1.82) is 0 Å². The number of piperidine rings is 1. The summed E-state index contributed by atoms with van der Waals surface area (Å²) in [7, 11) is 2.16. The predicted octanol–water partition coefficient (Wildman–Crippen LogP) is 3.74. The van der Waals surface area contributed by atoms with Gasteiger partial charge in [0.15, 0.2) is 0 Å². The Bertz CT molecular complexity index is 909. The number of hydrogen-bond acceptors (Lipinski definition) is 4. The van der Waals surface area contributed by atoms with Gasteiger partial charge in [-0.2, -0.15) is 5.10 Å². The van der Waals surface area contributed by atoms with E-state index in [1.54, 1.807) is 12.1 Å². The van der Waals surface area contributed by atoms with E-state index in [2.05, 4.69) is 24.1 Å². The molecular formula is C19H20N4O2. The number of nitro benzene ring substituents is 1. The Hall–Kier alpha value is -2.73. The minimum absolute atomic E-state index is 0.0933. The highest BCUT2D eigenvalue weighted by atomic mass is 16.6. The number of nitrogens with zero attached hydrogens (tertiary/aromatic N) is 4. The molecule has 0 atom stereocenters. The van der Waals surface area contributed by atoms with Gasteiger partial charge in [-0.1, -0.05) is 18.2 Å². The third-order valence-corrected chi connectivity index (χ3v) is 5.03. The Kier molecular flexibility index (Phi) is 3.97. The zero-order valence-corrected chi connectivity index (χ0v) is 14.1. The van der Waals surface area contributed by atoms with Crippen molar-refractivity contribution in [2.45, 2.75) is 18.8 Å². The molecule has 6 heteroatoms. The van der Waals surface area contributed by atoms with Gasteiger partial charge in [-0.15, -0.1) is 0 Å². The zero-order chi connectivity index (χ0) is 17.4. The Morgan fingerprint density at radius 3 is 2.44 bits per heavy atom. The molecule has 1 aliphatic heterocycles. The van der Waals surface area contributed by atoms with Gasteiger partial charge in [0.1, 0.15) is 0 Å². The molecule has 2 aromatic carbocycles. The highest BCUT2D eigenvalue weighted by Gasteiger charge is 2.24. The minimum atomic E-state index is -0.380. The van der Waals surface area contributed by atoms with Crippen molar-refractivity contribution >= 4 is 16.6 Å². The van der Waals surface area contributed by atoms with Gasteiger partial charge in [0.05, 0.1) is 21.8 Å². The van der Waals surface area contributed by atoms with Crippen LogP contribution >= 0.6 is 0 Å². The molecule has 0 unspecified atom stereocenters. The van der Waals surface area contributed by atoms with Gasteiger partial charge in [-0.05, 0) is 51.2 Å². The monoisotopic (exact) mass is 336 g/mol. The van der Waals surface area contributed by atoms with E-state index in [4.69, 9.17) is 5.10 Å². The third kappa shape index (κ3) is 2.89. The van der Waals surface area contributed by atoms with Crippen LogP contribution in [-0.4, -0.2) is 39.7 Å². The van der Waals surface area contributed by atoms with Crippen LogP contribution < -0.4 is 0 Å². The standard InChI is InChI=1S/C19H20N4O2/c1-21-12-10-14(11-13-21)19-17-4-2-3-5-18(17)22(20-19)15-6-8-16(9-7-15)23(24)25/h2-9,14H,10-13H2,1H3. The molecule has 3 aromatic rings. The lowest BCUT2D eigenvalue weighted by molar-refractivity contribution is -0.384. The molecule has 1 aliphatic rings. The molecule has 1 aromatic heterocycles. The molecule has 6 nitrogen and oxygen atoms in total. The molecule has 0 saturated carbocycles. The van der Waals surface area contributed by atoms with E-state index in [1.807, 2.05) is 16.8 Å². The Morgan fingerprint density at radius 2 is 1.76 bits per heavy atom. The summed E-state index contributed by atoms with van der Waals surface area (Å²) in [5.74, 6) is 0.459. The number of nitro groups is 1. The second-order valence-electron chi connectivity index (χ2n) is 6.67. The predicted molar refractivity (Wildman–Crippen MR) is 97.2 cm³/mol. The van der Waals surface area contributed by atoms with Crippen LogP contribution in [0.25, 0.3) is 16.6 Å². The highest BCUT2D eigenvalue weighted by molar-refractivity contribution is 5.84. The normalized spacial score (nSPS) is 16.4. The van der Waals surface area contributed by atoms with Gasteiger partial charge < -0.3 is 4.90 Å². The molecule has 1 fully saturated rings. The molecule has 0 aliphatic carbocycles. The molecule has 128 valence electrons. The van der Waals surface area contributed by atoms with E-state index in [-0.39, 0.29) is 10.6 Å². The summed E-state index contributed by atoms with van der Waals surface area (Å²) in [5, 5.41) is 17.0. The minimum Gasteiger partial charge on any atom is -0.306 e. The maximum absolute atomic E-state index is 10.9. The summed E-state index contributed by atoms with van der Waals surface area (Å²) in [6.07, 6.45) is 2.22. The van der Waals surface area contributed by atoms with Gasteiger partial charge in [0.25, 0.3) is 5.69 Å². The van der Waals surface area contributed by atoms with Crippen molar-refractivity contribution in [2.75, 3.05) is 20.1 Å². The highest BCUT2D eigenvalue weighted by Crippen LogP contribution is 2.33. The molecule has 2 heterocycles. The van der Waals surface area contributed by atoms with Crippen LogP contribution in [0.15, 0.2) is 48.5 Å². The fourth-order valence-electron chi connectivity index (χ4n) is 3.59. The number of rotatable bonds is 3.